The van der Waals surface area contributed by atoms with Gasteiger partial charge in [0.1, 0.15) is 5.75 Å². The van der Waals surface area contributed by atoms with Gasteiger partial charge in [-0.05, 0) is 43.3 Å². The molecule has 0 spiro atoms. The highest BCUT2D eigenvalue weighted by Crippen LogP contribution is 2.19. The van der Waals surface area contributed by atoms with Gasteiger partial charge in [0.2, 0.25) is 0 Å². The van der Waals surface area contributed by atoms with Crippen LogP contribution in [0.15, 0.2) is 48.7 Å². The number of hydrogen-bond acceptors (Lipinski definition) is 2. The molecule has 0 saturated carbocycles. The molecule has 2 rings (SSSR count). The first kappa shape index (κ1) is 9.71. The minimum absolute atomic E-state index is 0.697. The lowest BCUT2D eigenvalue weighted by atomic mass is 10.1. The van der Waals surface area contributed by atoms with Gasteiger partial charge in [-0.3, -0.25) is 4.98 Å². The van der Waals surface area contributed by atoms with Crippen LogP contribution in [-0.2, 0) is 0 Å². The highest BCUT2D eigenvalue weighted by molar-refractivity contribution is 5.59. The van der Waals surface area contributed by atoms with Crippen molar-refractivity contribution in [1.29, 1.82) is 0 Å². The Morgan fingerprint density at radius 1 is 1.07 bits per heavy atom. The maximum Gasteiger partial charge on any atom is 0.119 e. The van der Waals surface area contributed by atoms with Crippen molar-refractivity contribution in [2.45, 2.75) is 6.92 Å². The summed E-state index contributed by atoms with van der Waals surface area (Å²) in [4.78, 5) is 4.28. The Labute approximate surface area is 89.6 Å². The lowest BCUT2D eigenvalue weighted by Gasteiger charge is -2.04. The summed E-state index contributed by atoms with van der Waals surface area (Å²) in [5.74, 6) is 0.900. The number of hydrogen-bond donors (Lipinski definition) is 0. The van der Waals surface area contributed by atoms with E-state index in [1.165, 1.54) is 0 Å². The molecule has 0 bridgehead atoms. The Bertz CT molecular complexity index is 408. The van der Waals surface area contributed by atoms with Gasteiger partial charge >= 0.3 is 0 Å². The van der Waals surface area contributed by atoms with Gasteiger partial charge in [-0.1, -0.05) is 6.07 Å². The fourth-order valence-electron chi connectivity index (χ4n) is 1.42. The average molecular weight is 199 g/mol. The van der Waals surface area contributed by atoms with E-state index >= 15 is 0 Å². The molecule has 0 fully saturated rings. The fourth-order valence-corrected chi connectivity index (χ4v) is 1.42. The van der Waals surface area contributed by atoms with Gasteiger partial charge in [-0.15, -0.1) is 0 Å². The fraction of sp³-hybridized carbons (Fsp3) is 0.154. The molecule has 76 valence electrons. The van der Waals surface area contributed by atoms with Crippen molar-refractivity contribution in [3.8, 4) is 17.0 Å². The smallest absolute Gasteiger partial charge is 0.119 e. The van der Waals surface area contributed by atoms with Crippen molar-refractivity contribution in [2.75, 3.05) is 6.61 Å². The van der Waals surface area contributed by atoms with E-state index in [0.29, 0.717) is 6.61 Å². The van der Waals surface area contributed by atoms with Crippen molar-refractivity contribution in [2.24, 2.45) is 0 Å². The van der Waals surface area contributed by atoms with Crippen LogP contribution in [0.2, 0.25) is 0 Å². The number of aromatic nitrogens is 1. The molecule has 1 aromatic carbocycles. The molecule has 0 radical (unpaired) electrons. The second-order valence-corrected chi connectivity index (χ2v) is 3.17. The molecule has 1 aromatic heterocycles. The van der Waals surface area contributed by atoms with Gasteiger partial charge in [0, 0.05) is 11.8 Å². The third-order valence-electron chi connectivity index (χ3n) is 2.13. The van der Waals surface area contributed by atoms with Gasteiger partial charge in [-0.25, -0.2) is 0 Å². The van der Waals surface area contributed by atoms with Crippen LogP contribution in [0.3, 0.4) is 0 Å². The lowest BCUT2D eigenvalue weighted by molar-refractivity contribution is 0.340. The van der Waals surface area contributed by atoms with Gasteiger partial charge in [0.15, 0.2) is 0 Å². The molecule has 15 heavy (non-hydrogen) atoms. The van der Waals surface area contributed by atoms with Crippen LogP contribution >= 0.6 is 0 Å². The maximum atomic E-state index is 5.38. The zero-order valence-electron chi connectivity index (χ0n) is 8.68. The minimum Gasteiger partial charge on any atom is -0.494 e. The molecule has 0 saturated heterocycles. The van der Waals surface area contributed by atoms with E-state index in [9.17, 15) is 0 Å². The van der Waals surface area contributed by atoms with E-state index in [2.05, 4.69) is 4.98 Å². The molecule has 2 nitrogen and oxygen atoms in total. The normalized spacial score (nSPS) is 9.93. The van der Waals surface area contributed by atoms with E-state index in [4.69, 9.17) is 4.74 Å². The number of pyridine rings is 1. The van der Waals surface area contributed by atoms with Crippen molar-refractivity contribution in [1.82, 2.24) is 4.98 Å². The molecular weight excluding hydrogens is 186 g/mol. The summed E-state index contributed by atoms with van der Waals surface area (Å²) in [6, 6.07) is 13.9. The molecule has 0 aliphatic carbocycles. The summed E-state index contributed by atoms with van der Waals surface area (Å²) in [7, 11) is 0. The molecule has 0 aliphatic heterocycles. The first-order valence-electron chi connectivity index (χ1n) is 5.04. The second-order valence-electron chi connectivity index (χ2n) is 3.17. The Morgan fingerprint density at radius 2 is 1.87 bits per heavy atom. The van der Waals surface area contributed by atoms with Gasteiger partial charge in [0.25, 0.3) is 0 Å². The molecule has 2 heteroatoms. The molecule has 0 atom stereocenters. The number of benzene rings is 1. The van der Waals surface area contributed by atoms with E-state index < -0.39 is 0 Å². The van der Waals surface area contributed by atoms with E-state index in [1.54, 1.807) is 6.20 Å². The summed E-state index contributed by atoms with van der Waals surface area (Å²) in [6.07, 6.45) is 1.80. The zero-order chi connectivity index (χ0) is 10.5. The summed E-state index contributed by atoms with van der Waals surface area (Å²) in [5, 5.41) is 0. The number of nitrogens with zero attached hydrogens (tertiary/aromatic N) is 1. The Kier molecular flexibility index (Phi) is 2.98. The van der Waals surface area contributed by atoms with Crippen LogP contribution in [0.25, 0.3) is 11.3 Å². The second kappa shape index (κ2) is 4.60. The Morgan fingerprint density at radius 3 is 2.47 bits per heavy atom. The number of ether oxygens (including phenoxy) is 1. The Hall–Kier alpha value is -1.83. The van der Waals surface area contributed by atoms with E-state index in [0.717, 1.165) is 17.0 Å². The standard InChI is InChI=1S/C13H13NO/c1-2-15-12-8-6-11(7-9-12)13-5-3-4-10-14-13/h3-10H,2H2,1H3. The molecule has 1 heterocycles. The quantitative estimate of drug-likeness (QED) is 0.757. The van der Waals surface area contributed by atoms with Crippen LogP contribution < -0.4 is 4.74 Å². The zero-order valence-corrected chi connectivity index (χ0v) is 8.68. The molecular formula is C13H13NO. The van der Waals surface area contributed by atoms with Crippen LogP contribution in [-0.4, -0.2) is 11.6 Å². The highest BCUT2D eigenvalue weighted by atomic mass is 16.5. The largest absolute Gasteiger partial charge is 0.494 e. The van der Waals surface area contributed by atoms with Crippen LogP contribution in [0.4, 0.5) is 0 Å². The third kappa shape index (κ3) is 2.34. The summed E-state index contributed by atoms with van der Waals surface area (Å²) in [6.45, 7) is 2.68. The first-order valence-corrected chi connectivity index (χ1v) is 5.04. The molecule has 0 unspecified atom stereocenters. The van der Waals surface area contributed by atoms with Crippen molar-refractivity contribution in [3.63, 3.8) is 0 Å². The predicted octanol–water partition coefficient (Wildman–Crippen LogP) is 3.15. The molecule has 0 aliphatic rings. The van der Waals surface area contributed by atoms with Crippen molar-refractivity contribution in [3.05, 3.63) is 48.7 Å². The van der Waals surface area contributed by atoms with E-state index in [1.807, 2.05) is 49.4 Å². The SMILES string of the molecule is CCOc1ccc(-c2ccccn2)cc1. The predicted molar refractivity (Wildman–Crippen MR) is 60.8 cm³/mol. The van der Waals surface area contributed by atoms with Crippen molar-refractivity contribution >= 4 is 0 Å². The van der Waals surface area contributed by atoms with Crippen LogP contribution in [0, 0.1) is 0 Å². The summed E-state index contributed by atoms with van der Waals surface area (Å²) >= 11 is 0. The summed E-state index contributed by atoms with van der Waals surface area (Å²) in [5.41, 5.74) is 2.10. The van der Waals surface area contributed by atoms with Gasteiger partial charge in [-0.2, -0.15) is 0 Å². The Balaban J connectivity index is 2.24. The highest BCUT2D eigenvalue weighted by Gasteiger charge is 1.97. The maximum absolute atomic E-state index is 5.38. The van der Waals surface area contributed by atoms with Crippen LogP contribution in [0.1, 0.15) is 6.92 Å². The van der Waals surface area contributed by atoms with Crippen LogP contribution in [0.5, 0.6) is 5.75 Å². The first-order chi connectivity index (χ1) is 7.40. The third-order valence-corrected chi connectivity index (χ3v) is 2.13. The minimum atomic E-state index is 0.697. The van der Waals surface area contributed by atoms with Crippen molar-refractivity contribution < 1.29 is 4.74 Å². The van der Waals surface area contributed by atoms with E-state index in [-0.39, 0.29) is 0 Å². The number of rotatable bonds is 3. The average Bonchev–Trinajstić information content (AvgIpc) is 2.32. The molecule has 0 N–H and O–H groups in total. The summed E-state index contributed by atoms with van der Waals surface area (Å²) < 4.78 is 5.38. The topological polar surface area (TPSA) is 22.1 Å². The van der Waals surface area contributed by atoms with Gasteiger partial charge in [0.05, 0.1) is 12.3 Å². The monoisotopic (exact) mass is 199 g/mol. The lowest BCUT2D eigenvalue weighted by Crippen LogP contribution is -1.90. The molecule has 2 aromatic rings. The molecule has 0 amide bonds. The van der Waals surface area contributed by atoms with Gasteiger partial charge < -0.3 is 4.74 Å².